The molecule has 7 heteroatoms. The van der Waals surface area contributed by atoms with E-state index in [1.165, 1.54) is 103 Å². The zero-order chi connectivity index (χ0) is 25.2. The summed E-state index contributed by atoms with van der Waals surface area (Å²) in [7, 11) is -4.49. The van der Waals surface area contributed by atoms with Gasteiger partial charge >= 0.3 is 7.82 Å². The van der Waals surface area contributed by atoms with Crippen molar-refractivity contribution in [3.63, 3.8) is 0 Å². The first kappa shape index (κ1) is 34.0. The van der Waals surface area contributed by atoms with E-state index in [1.54, 1.807) is 0 Å². The van der Waals surface area contributed by atoms with E-state index in [9.17, 15) is 4.57 Å². The molecule has 0 aliphatic rings. The third-order valence-corrected chi connectivity index (χ3v) is 6.71. The Balaban J connectivity index is 3.73. The Morgan fingerprint density at radius 1 is 0.559 bits per heavy atom. The van der Waals surface area contributed by atoms with Crippen molar-refractivity contribution >= 4 is 7.82 Å². The lowest BCUT2D eigenvalue weighted by molar-refractivity contribution is -0.0429. The molecule has 1 unspecified atom stereocenters. The molecule has 0 saturated carbocycles. The SMILES string of the molecule is CCCCCCCCCCCCOCC(COP(=O)(O)O)OCCCCCCCCCCCC. The molecule has 0 spiro atoms. The zero-order valence-electron chi connectivity index (χ0n) is 22.5. The summed E-state index contributed by atoms with van der Waals surface area (Å²) in [6, 6.07) is 0. The molecule has 1 atom stereocenters. The minimum absolute atomic E-state index is 0.139. The quantitative estimate of drug-likeness (QED) is 0.0816. The Morgan fingerprint density at radius 3 is 1.35 bits per heavy atom. The van der Waals surface area contributed by atoms with Crippen LogP contribution in [-0.2, 0) is 18.6 Å². The summed E-state index contributed by atoms with van der Waals surface area (Å²) in [6.45, 7) is 5.91. The van der Waals surface area contributed by atoms with Crippen LogP contribution in [0.4, 0.5) is 0 Å². The van der Waals surface area contributed by atoms with Crippen LogP contribution in [0.5, 0.6) is 0 Å². The molecule has 0 rings (SSSR count). The second-order valence-electron chi connectivity index (χ2n) is 9.72. The third-order valence-electron chi connectivity index (χ3n) is 6.23. The van der Waals surface area contributed by atoms with Crippen LogP contribution in [0.1, 0.15) is 142 Å². The number of phosphoric ester groups is 1. The molecule has 34 heavy (non-hydrogen) atoms. The summed E-state index contributed by atoms with van der Waals surface area (Å²) >= 11 is 0. The minimum atomic E-state index is -4.49. The fraction of sp³-hybridized carbons (Fsp3) is 1.00. The van der Waals surface area contributed by atoms with Gasteiger partial charge in [-0.1, -0.05) is 129 Å². The van der Waals surface area contributed by atoms with Crippen LogP contribution in [-0.4, -0.2) is 42.3 Å². The topological polar surface area (TPSA) is 85.2 Å². The molecular formula is C27H57O6P. The normalized spacial score (nSPS) is 12.9. The first-order chi connectivity index (χ1) is 16.5. The third kappa shape index (κ3) is 28.3. The molecular weight excluding hydrogens is 451 g/mol. The molecule has 0 heterocycles. The molecule has 0 fully saturated rings. The van der Waals surface area contributed by atoms with Crippen LogP contribution >= 0.6 is 7.82 Å². The van der Waals surface area contributed by atoms with Gasteiger partial charge in [-0.3, -0.25) is 4.52 Å². The summed E-state index contributed by atoms with van der Waals surface area (Å²) in [5.41, 5.74) is 0. The lowest BCUT2D eigenvalue weighted by Gasteiger charge is -2.18. The van der Waals surface area contributed by atoms with Gasteiger partial charge in [0.15, 0.2) is 0 Å². The smallest absolute Gasteiger partial charge is 0.379 e. The summed E-state index contributed by atoms with van der Waals surface area (Å²) in [4.78, 5) is 18.0. The Labute approximate surface area is 211 Å². The van der Waals surface area contributed by atoms with Crippen molar-refractivity contribution in [3.05, 3.63) is 0 Å². The van der Waals surface area contributed by atoms with E-state index < -0.39 is 13.9 Å². The van der Waals surface area contributed by atoms with Gasteiger partial charge in [0.25, 0.3) is 0 Å². The van der Waals surface area contributed by atoms with Crippen LogP contribution in [0.15, 0.2) is 0 Å². The Kier molecular flexibility index (Phi) is 26.1. The highest BCUT2D eigenvalue weighted by Gasteiger charge is 2.19. The van der Waals surface area contributed by atoms with Crippen molar-refractivity contribution in [1.82, 2.24) is 0 Å². The van der Waals surface area contributed by atoms with Gasteiger partial charge in [0.2, 0.25) is 0 Å². The summed E-state index contributed by atoms with van der Waals surface area (Å²) in [5, 5.41) is 0. The van der Waals surface area contributed by atoms with Crippen LogP contribution in [0.25, 0.3) is 0 Å². The van der Waals surface area contributed by atoms with E-state index in [0.29, 0.717) is 19.8 Å². The predicted molar refractivity (Wildman–Crippen MR) is 142 cm³/mol. The highest BCUT2D eigenvalue weighted by molar-refractivity contribution is 7.46. The van der Waals surface area contributed by atoms with E-state index in [4.69, 9.17) is 19.3 Å². The van der Waals surface area contributed by atoms with Gasteiger partial charge in [0.1, 0.15) is 6.10 Å². The number of hydrogen-bond acceptors (Lipinski definition) is 4. The average Bonchev–Trinajstić information content (AvgIpc) is 2.80. The highest BCUT2D eigenvalue weighted by atomic mass is 31.2. The number of unbranched alkanes of at least 4 members (excludes halogenated alkanes) is 18. The lowest BCUT2D eigenvalue weighted by atomic mass is 10.1. The van der Waals surface area contributed by atoms with Crippen LogP contribution in [0, 0.1) is 0 Å². The van der Waals surface area contributed by atoms with E-state index in [0.717, 1.165) is 25.7 Å². The van der Waals surface area contributed by atoms with Crippen molar-refractivity contribution in [2.75, 3.05) is 26.4 Å². The molecule has 0 aromatic carbocycles. The van der Waals surface area contributed by atoms with Gasteiger partial charge < -0.3 is 19.3 Å². The fourth-order valence-corrected chi connectivity index (χ4v) is 4.43. The summed E-state index contributed by atoms with van der Waals surface area (Å²) in [5.74, 6) is 0. The lowest BCUT2D eigenvalue weighted by Crippen LogP contribution is -2.26. The molecule has 2 N–H and O–H groups in total. The molecule has 0 aromatic heterocycles. The number of phosphoric acid groups is 1. The summed E-state index contributed by atoms with van der Waals surface area (Å²) < 4.78 is 27.2. The largest absolute Gasteiger partial charge is 0.469 e. The number of ether oxygens (including phenoxy) is 2. The van der Waals surface area contributed by atoms with Gasteiger partial charge in [-0.25, -0.2) is 4.57 Å². The maximum absolute atomic E-state index is 11.0. The van der Waals surface area contributed by atoms with Crippen molar-refractivity contribution in [1.29, 1.82) is 0 Å². The Hall–Kier alpha value is 0.0300. The zero-order valence-corrected chi connectivity index (χ0v) is 23.4. The van der Waals surface area contributed by atoms with Crippen LogP contribution in [0.3, 0.4) is 0 Å². The van der Waals surface area contributed by atoms with Gasteiger partial charge in [-0.2, -0.15) is 0 Å². The van der Waals surface area contributed by atoms with Gasteiger partial charge in [-0.15, -0.1) is 0 Å². The molecule has 0 amide bonds. The molecule has 0 saturated heterocycles. The Bertz CT molecular complexity index is 443. The predicted octanol–water partition coefficient (Wildman–Crippen LogP) is 8.34. The standard InChI is InChI=1S/C27H57O6P/c1-3-5-7-9-11-13-15-17-19-21-23-31-25-27(26-33-34(28,29)30)32-24-22-20-18-16-14-12-10-8-6-4-2/h27H,3-26H2,1-2H3,(H2,28,29,30). The molecule has 0 aromatic rings. The van der Waals surface area contributed by atoms with Crippen molar-refractivity contribution < 1.29 is 28.3 Å². The van der Waals surface area contributed by atoms with Gasteiger partial charge in [0.05, 0.1) is 13.2 Å². The molecule has 6 nitrogen and oxygen atoms in total. The van der Waals surface area contributed by atoms with E-state index in [-0.39, 0.29) is 6.61 Å². The van der Waals surface area contributed by atoms with Crippen molar-refractivity contribution in [2.24, 2.45) is 0 Å². The Morgan fingerprint density at radius 2 is 0.941 bits per heavy atom. The monoisotopic (exact) mass is 508 g/mol. The maximum Gasteiger partial charge on any atom is 0.469 e. The van der Waals surface area contributed by atoms with Crippen molar-refractivity contribution in [3.8, 4) is 0 Å². The van der Waals surface area contributed by atoms with E-state index in [2.05, 4.69) is 18.4 Å². The van der Waals surface area contributed by atoms with E-state index in [1.807, 2.05) is 0 Å². The van der Waals surface area contributed by atoms with Crippen molar-refractivity contribution in [2.45, 2.75) is 148 Å². The van der Waals surface area contributed by atoms with E-state index >= 15 is 0 Å². The van der Waals surface area contributed by atoms with Gasteiger partial charge in [0, 0.05) is 13.2 Å². The molecule has 0 aliphatic heterocycles. The summed E-state index contributed by atoms with van der Waals surface area (Å²) in [6.07, 6.45) is 25.0. The number of rotatable bonds is 28. The van der Waals surface area contributed by atoms with Gasteiger partial charge in [-0.05, 0) is 12.8 Å². The first-order valence-corrected chi connectivity index (χ1v) is 15.9. The number of hydrogen-bond donors (Lipinski definition) is 2. The molecule has 0 aliphatic carbocycles. The first-order valence-electron chi connectivity index (χ1n) is 14.4. The average molecular weight is 509 g/mol. The second-order valence-corrected chi connectivity index (χ2v) is 11.0. The maximum atomic E-state index is 11.0. The molecule has 206 valence electrons. The fourth-order valence-electron chi connectivity index (χ4n) is 4.07. The highest BCUT2D eigenvalue weighted by Crippen LogP contribution is 2.35. The molecule has 0 radical (unpaired) electrons. The minimum Gasteiger partial charge on any atom is -0.379 e. The molecule has 0 bridgehead atoms. The second kappa shape index (κ2) is 26.1. The van der Waals surface area contributed by atoms with Crippen LogP contribution in [0.2, 0.25) is 0 Å². The van der Waals surface area contributed by atoms with Crippen LogP contribution < -0.4 is 0 Å².